The molecule has 2 rings (SSSR count). The van der Waals surface area contributed by atoms with Gasteiger partial charge in [0.25, 0.3) is 5.91 Å². The molecule has 0 fully saturated rings. The Kier molecular flexibility index (Phi) is 3.23. The van der Waals surface area contributed by atoms with Crippen LogP contribution < -0.4 is 15.0 Å². The fourth-order valence-corrected chi connectivity index (χ4v) is 1.86. The number of nitrogens with zero attached hydrogens (tertiary/aromatic N) is 1. The Hall–Kier alpha value is -2.04. The molecule has 1 N–H and O–H groups in total. The molecule has 1 aromatic rings. The second-order valence-electron chi connectivity index (χ2n) is 4.49. The number of fused-ring (bicyclic) bond motifs is 1. The Morgan fingerprint density at radius 3 is 2.89 bits per heavy atom. The number of hydrogen-bond acceptors (Lipinski definition) is 4. The first-order valence-corrected chi connectivity index (χ1v) is 5.79. The van der Waals surface area contributed by atoms with Crippen molar-refractivity contribution in [2.45, 2.75) is 20.0 Å². The van der Waals surface area contributed by atoms with Gasteiger partial charge in [0, 0.05) is 12.7 Å². The van der Waals surface area contributed by atoms with Gasteiger partial charge in [-0.05, 0) is 32.0 Å². The maximum atomic E-state index is 11.5. The van der Waals surface area contributed by atoms with Crippen molar-refractivity contribution in [3.63, 3.8) is 0 Å². The number of anilines is 2. The number of Topliss-reactive ketones (excluding diaryl/α,β-unsaturated/α-hetero) is 1. The monoisotopic (exact) mass is 248 g/mol. The maximum absolute atomic E-state index is 11.5. The number of carbonyl (C=O) groups excluding carboxylic acids is 2. The molecule has 1 aromatic carbocycles. The number of hydrogen-bond donors (Lipinski definition) is 1. The van der Waals surface area contributed by atoms with Crippen molar-refractivity contribution < 1.29 is 14.3 Å². The van der Waals surface area contributed by atoms with Crippen LogP contribution in [0.2, 0.25) is 0 Å². The summed E-state index contributed by atoms with van der Waals surface area (Å²) in [5.74, 6) is 0.583. The normalized spacial score (nSPS) is 17.5. The number of amides is 1. The largest absolute Gasteiger partial charge is 0.479 e. The van der Waals surface area contributed by atoms with Gasteiger partial charge in [0.1, 0.15) is 11.5 Å². The Balaban J connectivity index is 2.24. The molecule has 0 saturated carbocycles. The number of benzene rings is 1. The van der Waals surface area contributed by atoms with Gasteiger partial charge in [-0.1, -0.05) is 0 Å². The molecule has 0 radical (unpaired) electrons. The first kappa shape index (κ1) is 12.4. The second-order valence-corrected chi connectivity index (χ2v) is 4.49. The minimum Gasteiger partial charge on any atom is -0.479 e. The van der Waals surface area contributed by atoms with E-state index in [1.807, 2.05) is 24.1 Å². The van der Waals surface area contributed by atoms with Gasteiger partial charge in [0.05, 0.1) is 12.2 Å². The third-order valence-electron chi connectivity index (χ3n) is 2.79. The molecule has 1 atom stereocenters. The van der Waals surface area contributed by atoms with Gasteiger partial charge >= 0.3 is 0 Å². The van der Waals surface area contributed by atoms with E-state index < -0.39 is 6.10 Å². The van der Waals surface area contributed by atoms with Gasteiger partial charge in [-0.2, -0.15) is 0 Å². The molecule has 0 spiro atoms. The molecule has 1 heterocycles. The van der Waals surface area contributed by atoms with Crippen LogP contribution >= 0.6 is 0 Å². The van der Waals surface area contributed by atoms with Gasteiger partial charge in [-0.25, -0.2) is 0 Å². The summed E-state index contributed by atoms with van der Waals surface area (Å²) in [7, 11) is 1.83. The number of likely N-dealkylation sites (N-methyl/N-ethyl adjacent to an activating group) is 1. The Morgan fingerprint density at radius 1 is 1.50 bits per heavy atom. The molecule has 1 aliphatic heterocycles. The Morgan fingerprint density at radius 2 is 2.22 bits per heavy atom. The predicted molar refractivity (Wildman–Crippen MR) is 69.1 cm³/mol. The number of nitrogens with one attached hydrogen (secondary N) is 1. The highest BCUT2D eigenvalue weighted by Gasteiger charge is 2.23. The topological polar surface area (TPSA) is 58.6 Å². The predicted octanol–water partition coefficient (Wildman–Crippen LogP) is 1.43. The SMILES string of the molecule is CC(=O)CN(C)c1ccc2c(c1)NC(=O)C(C)O2. The zero-order valence-electron chi connectivity index (χ0n) is 10.7. The van der Waals surface area contributed by atoms with Gasteiger partial charge in [0.15, 0.2) is 6.10 Å². The highest BCUT2D eigenvalue weighted by Crippen LogP contribution is 2.33. The van der Waals surface area contributed by atoms with Crippen molar-refractivity contribution in [3.05, 3.63) is 18.2 Å². The van der Waals surface area contributed by atoms with Crippen LogP contribution in [0.25, 0.3) is 0 Å². The number of ketones is 1. The highest BCUT2D eigenvalue weighted by molar-refractivity contribution is 5.98. The summed E-state index contributed by atoms with van der Waals surface area (Å²) in [5, 5.41) is 2.78. The second kappa shape index (κ2) is 4.68. The fourth-order valence-electron chi connectivity index (χ4n) is 1.86. The zero-order valence-corrected chi connectivity index (χ0v) is 10.7. The smallest absolute Gasteiger partial charge is 0.265 e. The van der Waals surface area contributed by atoms with Crippen LogP contribution in [0.4, 0.5) is 11.4 Å². The van der Waals surface area contributed by atoms with E-state index in [0.29, 0.717) is 18.0 Å². The van der Waals surface area contributed by atoms with Crippen LogP contribution in [0.5, 0.6) is 5.75 Å². The van der Waals surface area contributed by atoms with Crippen LogP contribution in [0.3, 0.4) is 0 Å². The van der Waals surface area contributed by atoms with Gasteiger partial charge in [-0.3, -0.25) is 9.59 Å². The minimum atomic E-state index is -0.474. The van der Waals surface area contributed by atoms with Crippen molar-refractivity contribution in [2.24, 2.45) is 0 Å². The highest BCUT2D eigenvalue weighted by atomic mass is 16.5. The number of rotatable bonds is 3. The van der Waals surface area contributed by atoms with Gasteiger partial charge < -0.3 is 15.0 Å². The maximum Gasteiger partial charge on any atom is 0.265 e. The molecule has 0 aliphatic carbocycles. The zero-order chi connectivity index (χ0) is 13.3. The van der Waals surface area contributed by atoms with Crippen LogP contribution in [0, 0.1) is 0 Å². The quantitative estimate of drug-likeness (QED) is 0.879. The molecule has 96 valence electrons. The summed E-state index contributed by atoms with van der Waals surface area (Å²) in [4.78, 5) is 24.4. The van der Waals surface area contributed by atoms with E-state index in [4.69, 9.17) is 4.74 Å². The third kappa shape index (κ3) is 2.45. The first-order valence-electron chi connectivity index (χ1n) is 5.79. The summed E-state index contributed by atoms with van der Waals surface area (Å²) in [5.41, 5.74) is 1.51. The van der Waals surface area contributed by atoms with Gasteiger partial charge in [-0.15, -0.1) is 0 Å². The first-order chi connectivity index (χ1) is 8.47. The molecule has 0 saturated heterocycles. The average molecular weight is 248 g/mol. The summed E-state index contributed by atoms with van der Waals surface area (Å²) < 4.78 is 5.46. The van der Waals surface area contributed by atoms with Crippen molar-refractivity contribution >= 4 is 23.1 Å². The van der Waals surface area contributed by atoms with Crippen LogP contribution in [0.1, 0.15) is 13.8 Å². The molecular weight excluding hydrogens is 232 g/mol. The van der Waals surface area contributed by atoms with E-state index in [-0.39, 0.29) is 11.7 Å². The van der Waals surface area contributed by atoms with Crippen molar-refractivity contribution in [3.8, 4) is 5.75 Å². The lowest BCUT2D eigenvalue weighted by Crippen LogP contribution is -2.34. The summed E-state index contributed by atoms with van der Waals surface area (Å²) in [6.07, 6.45) is -0.474. The molecule has 1 aliphatic rings. The molecule has 0 bridgehead atoms. The minimum absolute atomic E-state index is 0.0872. The van der Waals surface area contributed by atoms with Crippen LogP contribution in [-0.4, -0.2) is 31.4 Å². The lowest BCUT2D eigenvalue weighted by molar-refractivity contribution is -0.122. The van der Waals surface area contributed by atoms with Gasteiger partial charge in [0.2, 0.25) is 0 Å². The van der Waals surface area contributed by atoms with E-state index in [1.54, 1.807) is 19.9 Å². The summed E-state index contributed by atoms with van der Waals surface area (Å²) >= 11 is 0. The molecule has 1 unspecified atom stereocenters. The lowest BCUT2D eigenvalue weighted by Gasteiger charge is -2.25. The van der Waals surface area contributed by atoms with E-state index in [0.717, 1.165) is 5.69 Å². The Bertz CT molecular complexity index is 499. The van der Waals surface area contributed by atoms with Crippen molar-refractivity contribution in [1.29, 1.82) is 0 Å². The molecule has 1 amide bonds. The summed E-state index contributed by atoms with van der Waals surface area (Å²) in [6.45, 7) is 3.58. The lowest BCUT2D eigenvalue weighted by atomic mass is 10.2. The standard InChI is InChI=1S/C13H16N2O3/c1-8(16)7-15(3)10-4-5-12-11(6-10)14-13(17)9(2)18-12/h4-6,9H,7H2,1-3H3,(H,14,17). The Labute approximate surface area is 106 Å². The number of ether oxygens (including phenoxy) is 1. The van der Waals surface area contributed by atoms with E-state index in [9.17, 15) is 9.59 Å². The number of carbonyl (C=O) groups is 2. The molecule has 0 aromatic heterocycles. The van der Waals surface area contributed by atoms with E-state index >= 15 is 0 Å². The fraction of sp³-hybridized carbons (Fsp3) is 0.385. The van der Waals surface area contributed by atoms with Crippen LogP contribution in [0.15, 0.2) is 18.2 Å². The summed E-state index contributed by atoms with van der Waals surface area (Å²) in [6, 6.07) is 5.48. The van der Waals surface area contributed by atoms with E-state index in [2.05, 4.69) is 5.32 Å². The molecular formula is C13H16N2O3. The average Bonchev–Trinajstić information content (AvgIpc) is 2.29. The third-order valence-corrected chi connectivity index (χ3v) is 2.79. The molecule has 5 heteroatoms. The van der Waals surface area contributed by atoms with Crippen molar-refractivity contribution in [2.75, 3.05) is 23.8 Å². The molecule has 5 nitrogen and oxygen atoms in total. The van der Waals surface area contributed by atoms with Crippen molar-refractivity contribution in [1.82, 2.24) is 0 Å². The molecule has 18 heavy (non-hydrogen) atoms. The van der Waals surface area contributed by atoms with E-state index in [1.165, 1.54) is 0 Å². The van der Waals surface area contributed by atoms with Crippen LogP contribution in [-0.2, 0) is 9.59 Å².